The van der Waals surface area contributed by atoms with E-state index in [0.717, 1.165) is 31.4 Å². The van der Waals surface area contributed by atoms with Gasteiger partial charge in [-0.1, -0.05) is 44.2 Å². The topological polar surface area (TPSA) is 121 Å². The lowest BCUT2D eigenvalue weighted by Crippen LogP contribution is -2.44. The van der Waals surface area contributed by atoms with E-state index in [1.54, 1.807) is 0 Å². The molecule has 0 radical (unpaired) electrons. The maximum atomic E-state index is 12.2. The van der Waals surface area contributed by atoms with Gasteiger partial charge in [-0.25, -0.2) is 0 Å². The smallest absolute Gasteiger partial charge is 0.265 e. The van der Waals surface area contributed by atoms with Crippen LogP contribution in [-0.4, -0.2) is 53.8 Å². The van der Waals surface area contributed by atoms with Crippen molar-refractivity contribution in [2.75, 3.05) is 12.3 Å². The van der Waals surface area contributed by atoms with E-state index in [0.29, 0.717) is 19.4 Å². The quantitative estimate of drug-likeness (QED) is 0.505. The number of imide groups is 1. The average molecular weight is 477 g/mol. The summed E-state index contributed by atoms with van der Waals surface area (Å²) in [7, 11) is -4.08. The van der Waals surface area contributed by atoms with Crippen molar-refractivity contribution >= 4 is 27.7 Å². The molecule has 2 unspecified atom stereocenters. The van der Waals surface area contributed by atoms with Crippen LogP contribution in [0.25, 0.3) is 0 Å². The highest BCUT2D eigenvalue weighted by atomic mass is 32.2. The van der Waals surface area contributed by atoms with Gasteiger partial charge in [0.05, 0.1) is 29.7 Å². The van der Waals surface area contributed by atoms with Gasteiger partial charge in [0.1, 0.15) is 5.78 Å². The molecule has 33 heavy (non-hydrogen) atoms. The summed E-state index contributed by atoms with van der Waals surface area (Å²) < 4.78 is 31.0. The molecule has 8 nitrogen and oxygen atoms in total. The Kier molecular flexibility index (Phi) is 6.26. The number of Topliss-reactive ketones (excluding diaryl/α,β-unsaturated/α-hetero) is 1. The fraction of sp³-hybridized carbons (Fsp3) is 0.625. The molecule has 5 rings (SSSR count). The minimum Gasteiger partial charge on any atom is -0.305 e. The molecular formula is C24H32N2O6S. The number of likely N-dealkylation sites (tertiary alicyclic amines) is 1. The number of benzene rings is 1. The lowest BCUT2D eigenvalue weighted by atomic mass is 9.70. The minimum atomic E-state index is -4.08. The highest BCUT2D eigenvalue weighted by molar-refractivity contribution is 7.85. The van der Waals surface area contributed by atoms with Gasteiger partial charge in [-0.15, -0.1) is 0 Å². The summed E-state index contributed by atoms with van der Waals surface area (Å²) in [6, 6.07) is 9.37. The zero-order valence-electron chi connectivity index (χ0n) is 19.1. The van der Waals surface area contributed by atoms with Crippen molar-refractivity contribution in [1.29, 1.82) is 0 Å². The molecular weight excluding hydrogens is 444 g/mol. The van der Waals surface area contributed by atoms with Crippen molar-refractivity contribution in [3.63, 3.8) is 0 Å². The molecule has 2 heterocycles. The van der Waals surface area contributed by atoms with Gasteiger partial charge in [-0.2, -0.15) is 8.42 Å². The van der Waals surface area contributed by atoms with Crippen LogP contribution in [0.2, 0.25) is 0 Å². The molecule has 2 saturated heterocycles. The van der Waals surface area contributed by atoms with Crippen LogP contribution in [0.4, 0.5) is 0 Å². The number of amides is 2. The van der Waals surface area contributed by atoms with Gasteiger partial charge < -0.3 is 5.32 Å². The van der Waals surface area contributed by atoms with Gasteiger partial charge in [0, 0.05) is 6.42 Å². The van der Waals surface area contributed by atoms with Crippen LogP contribution in [0.15, 0.2) is 30.3 Å². The Bertz CT molecular complexity index is 1030. The molecule has 2 aliphatic heterocycles. The summed E-state index contributed by atoms with van der Waals surface area (Å²) in [5.74, 6) is -0.319. The monoisotopic (exact) mass is 476 g/mol. The van der Waals surface area contributed by atoms with Crippen LogP contribution >= 0.6 is 0 Å². The second-order valence-corrected chi connectivity index (χ2v) is 11.8. The third-order valence-electron chi connectivity index (χ3n) is 8.33. The molecule has 1 aromatic rings. The molecule has 4 aliphatic rings. The Morgan fingerprint density at radius 2 is 1.79 bits per heavy atom. The third-order valence-corrected chi connectivity index (χ3v) is 9.18. The number of ketones is 1. The fourth-order valence-corrected chi connectivity index (χ4v) is 7.53. The van der Waals surface area contributed by atoms with Gasteiger partial charge >= 0.3 is 0 Å². The van der Waals surface area contributed by atoms with Gasteiger partial charge in [-0.05, 0) is 49.1 Å². The van der Waals surface area contributed by atoms with Crippen molar-refractivity contribution in [2.45, 2.75) is 58.5 Å². The molecule has 2 saturated carbocycles. The number of hydrogen-bond donors (Lipinski definition) is 2. The number of piperidine rings is 1. The maximum absolute atomic E-state index is 12.2. The molecule has 2 bridgehead atoms. The number of carbonyl (C=O) groups is 3. The van der Waals surface area contributed by atoms with E-state index < -0.39 is 21.3 Å². The Labute approximate surface area is 194 Å². The van der Waals surface area contributed by atoms with E-state index in [-0.39, 0.29) is 40.9 Å². The second-order valence-electron chi connectivity index (χ2n) is 10.3. The minimum absolute atomic E-state index is 0.0129. The molecule has 2 aliphatic carbocycles. The van der Waals surface area contributed by atoms with E-state index in [1.165, 1.54) is 4.90 Å². The first-order valence-corrected chi connectivity index (χ1v) is 13.2. The van der Waals surface area contributed by atoms with Crippen LogP contribution in [-0.2, 0) is 31.0 Å². The largest absolute Gasteiger partial charge is 0.305 e. The van der Waals surface area contributed by atoms with E-state index in [4.69, 9.17) is 4.55 Å². The van der Waals surface area contributed by atoms with Gasteiger partial charge in [-0.3, -0.25) is 23.8 Å². The van der Waals surface area contributed by atoms with Crippen molar-refractivity contribution in [3.05, 3.63) is 35.9 Å². The molecule has 0 aromatic heterocycles. The Hall–Kier alpha value is -2.10. The van der Waals surface area contributed by atoms with E-state index in [1.807, 2.05) is 44.2 Å². The zero-order chi connectivity index (χ0) is 24.0. The molecule has 4 fully saturated rings. The average Bonchev–Trinajstić information content (AvgIpc) is 3.22. The van der Waals surface area contributed by atoms with Gasteiger partial charge in [0.2, 0.25) is 11.8 Å². The zero-order valence-corrected chi connectivity index (χ0v) is 19.9. The third kappa shape index (κ3) is 4.26. The molecule has 2 amide bonds. The first-order chi connectivity index (χ1) is 15.5. The normalized spacial score (nSPS) is 32.5. The van der Waals surface area contributed by atoms with E-state index >= 15 is 0 Å². The number of hydrogen-bond acceptors (Lipinski definition) is 6. The van der Waals surface area contributed by atoms with Crippen LogP contribution in [0.3, 0.4) is 0 Å². The summed E-state index contributed by atoms with van der Waals surface area (Å²) >= 11 is 0. The number of nitrogens with one attached hydrogen (secondary N) is 1. The summed E-state index contributed by atoms with van der Waals surface area (Å²) in [6.07, 6.45) is 3.77. The summed E-state index contributed by atoms with van der Waals surface area (Å²) in [5, 5.41) is 3.16. The predicted molar refractivity (Wildman–Crippen MR) is 121 cm³/mol. The van der Waals surface area contributed by atoms with Gasteiger partial charge in [0.15, 0.2) is 0 Å². The summed E-state index contributed by atoms with van der Waals surface area (Å²) in [4.78, 5) is 37.7. The second kappa shape index (κ2) is 8.60. The predicted octanol–water partition coefficient (Wildman–Crippen LogP) is 2.19. The molecule has 4 atom stereocenters. The van der Waals surface area contributed by atoms with Gasteiger partial charge in [0.25, 0.3) is 10.1 Å². The summed E-state index contributed by atoms with van der Waals surface area (Å²) in [6.45, 7) is 5.12. The lowest BCUT2D eigenvalue weighted by Gasteiger charge is -2.35. The van der Waals surface area contributed by atoms with Crippen LogP contribution in [0.5, 0.6) is 0 Å². The molecule has 0 spiro atoms. The molecule has 180 valence electrons. The Morgan fingerprint density at radius 3 is 2.33 bits per heavy atom. The molecule has 9 heteroatoms. The van der Waals surface area contributed by atoms with Crippen molar-refractivity contribution in [1.82, 2.24) is 10.2 Å². The number of nitrogens with zero attached hydrogens (tertiary/aromatic N) is 1. The highest BCUT2D eigenvalue weighted by Gasteiger charge is 2.65. The van der Waals surface area contributed by atoms with E-state index in [9.17, 15) is 22.8 Å². The molecule has 2 N–H and O–H groups in total. The number of fused-ring (bicyclic) bond motifs is 3. The SMILES string of the molecule is CC1(C)C2CCC1(CS(=O)(=O)O)C(=O)C2.O=C1[C@@H]2CCCN[C@H]2C(=O)N1Cc1ccccc1. The van der Waals surface area contributed by atoms with Crippen LogP contribution in [0.1, 0.15) is 51.5 Å². The van der Waals surface area contributed by atoms with Crippen molar-refractivity contribution < 1.29 is 27.4 Å². The Morgan fingerprint density at radius 1 is 1.09 bits per heavy atom. The lowest BCUT2D eigenvalue weighted by molar-refractivity contribution is -0.140. The summed E-state index contributed by atoms with van der Waals surface area (Å²) in [5.41, 5.74) is -0.122. The van der Waals surface area contributed by atoms with Crippen LogP contribution < -0.4 is 5.32 Å². The Balaban J connectivity index is 0.000000160. The number of rotatable bonds is 4. The maximum Gasteiger partial charge on any atom is 0.265 e. The number of carbonyl (C=O) groups excluding carboxylic acids is 3. The molecule has 1 aromatic carbocycles. The van der Waals surface area contributed by atoms with Crippen LogP contribution in [0, 0.1) is 22.7 Å². The first kappa shape index (κ1) is 24.0. The fourth-order valence-electron chi connectivity index (χ4n) is 6.23. The standard InChI is InChI=1S/C14H16N2O2.C10H16O4S/c17-13-11-7-4-8-15-12(11)14(18)16(13)9-10-5-2-1-3-6-10;1-9(2)7-3-4-10(9,8(11)5-7)6-15(12,13)14/h1-3,5-6,11-12,15H,4,7-9H2;7H,3-6H2,1-2H3,(H,12,13,14)/t11-,12-;/m1./s1. The van der Waals surface area contributed by atoms with Crippen molar-refractivity contribution in [3.8, 4) is 0 Å². The first-order valence-electron chi connectivity index (χ1n) is 11.6. The highest BCUT2D eigenvalue weighted by Crippen LogP contribution is 2.64. The van der Waals surface area contributed by atoms with E-state index in [2.05, 4.69) is 5.32 Å². The van der Waals surface area contributed by atoms with Crippen molar-refractivity contribution in [2.24, 2.45) is 22.7 Å².